The van der Waals surface area contributed by atoms with Crippen molar-refractivity contribution in [2.75, 3.05) is 30.8 Å². The maximum Gasteiger partial charge on any atom is 0.256 e. The molecule has 1 fully saturated rings. The third-order valence-corrected chi connectivity index (χ3v) is 6.34. The molecule has 30 heavy (non-hydrogen) atoms. The van der Waals surface area contributed by atoms with Gasteiger partial charge in [-0.15, -0.1) is 11.3 Å². The number of anilines is 2. The number of piperidine rings is 1. The molecule has 8 heteroatoms. The summed E-state index contributed by atoms with van der Waals surface area (Å²) in [5, 5.41) is 24.3. The molecule has 0 aliphatic carbocycles. The molecule has 0 atom stereocenters. The van der Waals surface area contributed by atoms with Crippen LogP contribution in [-0.2, 0) is 0 Å². The number of amides is 1. The highest BCUT2D eigenvalue weighted by molar-refractivity contribution is 7.13. The van der Waals surface area contributed by atoms with Crippen LogP contribution in [0.15, 0.2) is 35.7 Å². The largest absolute Gasteiger partial charge is 0.382 e. The first-order chi connectivity index (χ1) is 14.5. The summed E-state index contributed by atoms with van der Waals surface area (Å²) in [5.41, 5.74) is 4.10. The van der Waals surface area contributed by atoms with Gasteiger partial charge in [-0.3, -0.25) is 9.89 Å². The summed E-state index contributed by atoms with van der Waals surface area (Å²) in [6.45, 7) is 4.22. The van der Waals surface area contributed by atoms with Gasteiger partial charge in [0.05, 0.1) is 16.1 Å². The Morgan fingerprint density at radius 2 is 2.10 bits per heavy atom. The molecule has 1 aliphatic heterocycles. The molecular formula is C22H24N6OS. The number of aryl methyl sites for hydroxylation is 1. The summed E-state index contributed by atoms with van der Waals surface area (Å²) in [6, 6.07) is 11.9. The van der Waals surface area contributed by atoms with Crippen LogP contribution in [0.25, 0.3) is 10.6 Å². The van der Waals surface area contributed by atoms with E-state index in [2.05, 4.69) is 38.8 Å². The molecule has 4 rings (SSSR count). The molecule has 3 aromatic rings. The van der Waals surface area contributed by atoms with E-state index >= 15 is 0 Å². The standard InChI is InChI=1S/C22H24N6OS/c1-14-9-16(3-4-18(14)24-17-5-7-28(2)8-6-17)22(29)25-21-11-19(26-27-21)20-10-15(12-23)13-30-20/h3-4,9-11,13,17,24H,5-8H2,1-2H3,(H2,25,26,27,29). The number of aromatic amines is 1. The number of thiophene rings is 1. The summed E-state index contributed by atoms with van der Waals surface area (Å²) in [4.78, 5) is 15.9. The van der Waals surface area contributed by atoms with Crippen molar-refractivity contribution in [3.8, 4) is 16.6 Å². The molecule has 3 heterocycles. The summed E-state index contributed by atoms with van der Waals surface area (Å²) in [5.74, 6) is 0.249. The van der Waals surface area contributed by atoms with Crippen molar-refractivity contribution in [2.24, 2.45) is 0 Å². The van der Waals surface area contributed by atoms with Crippen LogP contribution in [0.5, 0.6) is 0 Å². The average molecular weight is 421 g/mol. The number of carbonyl (C=O) groups is 1. The quantitative estimate of drug-likeness (QED) is 0.578. The zero-order valence-corrected chi connectivity index (χ0v) is 17.8. The van der Waals surface area contributed by atoms with Crippen LogP contribution < -0.4 is 10.6 Å². The van der Waals surface area contributed by atoms with E-state index in [1.54, 1.807) is 17.5 Å². The van der Waals surface area contributed by atoms with E-state index in [9.17, 15) is 4.79 Å². The normalized spacial score (nSPS) is 15.0. The predicted octanol–water partition coefficient (Wildman–Crippen LogP) is 4.08. The molecule has 7 nitrogen and oxygen atoms in total. The van der Waals surface area contributed by atoms with E-state index in [0.29, 0.717) is 23.0 Å². The maximum absolute atomic E-state index is 12.7. The highest BCUT2D eigenvalue weighted by atomic mass is 32.1. The second kappa shape index (κ2) is 8.69. The molecule has 154 valence electrons. The number of rotatable bonds is 5. The lowest BCUT2D eigenvalue weighted by Crippen LogP contribution is -2.36. The molecule has 1 amide bonds. The number of aromatic nitrogens is 2. The Kier molecular flexibility index (Phi) is 5.84. The number of carbonyl (C=O) groups excluding carboxylic acids is 1. The number of hydrogen-bond donors (Lipinski definition) is 3. The van der Waals surface area contributed by atoms with Gasteiger partial charge in [0.1, 0.15) is 6.07 Å². The average Bonchev–Trinajstić information content (AvgIpc) is 3.40. The zero-order valence-electron chi connectivity index (χ0n) is 17.0. The van der Waals surface area contributed by atoms with Crippen LogP contribution >= 0.6 is 11.3 Å². The molecule has 1 aliphatic rings. The summed E-state index contributed by atoms with van der Waals surface area (Å²) < 4.78 is 0. The fraction of sp³-hybridized carbons (Fsp3) is 0.318. The zero-order chi connectivity index (χ0) is 21.1. The summed E-state index contributed by atoms with van der Waals surface area (Å²) >= 11 is 1.46. The number of nitrogens with zero attached hydrogens (tertiary/aromatic N) is 3. The van der Waals surface area contributed by atoms with Gasteiger partial charge in [-0.2, -0.15) is 10.4 Å². The van der Waals surface area contributed by atoms with E-state index < -0.39 is 0 Å². The summed E-state index contributed by atoms with van der Waals surface area (Å²) in [6.07, 6.45) is 2.25. The van der Waals surface area contributed by atoms with Gasteiger partial charge in [0.25, 0.3) is 5.91 Å². The second-order valence-corrected chi connectivity index (χ2v) is 8.60. The predicted molar refractivity (Wildman–Crippen MR) is 120 cm³/mol. The van der Waals surface area contributed by atoms with Crippen LogP contribution in [0.3, 0.4) is 0 Å². The molecule has 0 unspecified atom stereocenters. The van der Waals surface area contributed by atoms with Gasteiger partial charge >= 0.3 is 0 Å². The fourth-order valence-electron chi connectivity index (χ4n) is 3.58. The Labute approximate surface area is 179 Å². The first-order valence-electron chi connectivity index (χ1n) is 9.93. The van der Waals surface area contributed by atoms with Crippen molar-refractivity contribution in [3.63, 3.8) is 0 Å². The number of nitrogens with one attached hydrogen (secondary N) is 3. The summed E-state index contributed by atoms with van der Waals surface area (Å²) in [7, 11) is 2.15. The third kappa shape index (κ3) is 4.53. The first-order valence-corrected chi connectivity index (χ1v) is 10.8. The molecule has 0 bridgehead atoms. The molecular weight excluding hydrogens is 396 g/mol. The number of H-pyrrole nitrogens is 1. The number of hydrogen-bond acceptors (Lipinski definition) is 6. The van der Waals surface area contributed by atoms with E-state index in [1.807, 2.05) is 25.1 Å². The lowest BCUT2D eigenvalue weighted by atomic mass is 10.0. The van der Waals surface area contributed by atoms with Crippen LogP contribution in [0.1, 0.15) is 34.3 Å². The SMILES string of the molecule is Cc1cc(C(=O)Nc2cc(-c3cc(C#N)cs3)[nH]n2)ccc1NC1CCN(C)CC1. The van der Waals surface area contributed by atoms with Gasteiger partial charge in [0.2, 0.25) is 0 Å². The van der Waals surface area contributed by atoms with Crippen LogP contribution in [-0.4, -0.2) is 47.2 Å². The van der Waals surface area contributed by atoms with Gasteiger partial charge in [-0.25, -0.2) is 0 Å². The number of likely N-dealkylation sites (tertiary alicyclic amines) is 1. The van der Waals surface area contributed by atoms with Gasteiger partial charge in [0, 0.05) is 28.7 Å². The van der Waals surface area contributed by atoms with Crippen molar-refractivity contribution < 1.29 is 4.79 Å². The minimum atomic E-state index is -0.203. The van der Waals surface area contributed by atoms with Crippen molar-refractivity contribution in [1.82, 2.24) is 15.1 Å². The van der Waals surface area contributed by atoms with Crippen molar-refractivity contribution >= 4 is 28.7 Å². The van der Waals surface area contributed by atoms with Crippen molar-refractivity contribution in [1.29, 1.82) is 5.26 Å². The highest BCUT2D eigenvalue weighted by Crippen LogP contribution is 2.27. The molecule has 0 saturated carbocycles. The second-order valence-electron chi connectivity index (χ2n) is 7.68. The molecule has 0 spiro atoms. The lowest BCUT2D eigenvalue weighted by molar-refractivity contribution is 0.102. The Hall–Kier alpha value is -3.15. The van der Waals surface area contributed by atoms with Gasteiger partial charge in [0.15, 0.2) is 5.82 Å². The van der Waals surface area contributed by atoms with E-state index in [0.717, 1.165) is 47.8 Å². The Balaban J connectivity index is 1.40. The van der Waals surface area contributed by atoms with Gasteiger partial charge in [-0.05, 0) is 69.7 Å². The van der Waals surface area contributed by atoms with Crippen molar-refractivity contribution in [3.05, 3.63) is 52.4 Å². The molecule has 1 aromatic carbocycles. The van der Waals surface area contributed by atoms with E-state index in [1.165, 1.54) is 11.3 Å². The lowest BCUT2D eigenvalue weighted by Gasteiger charge is -2.30. The van der Waals surface area contributed by atoms with E-state index in [-0.39, 0.29) is 5.91 Å². The smallest absolute Gasteiger partial charge is 0.256 e. The minimum Gasteiger partial charge on any atom is -0.382 e. The van der Waals surface area contributed by atoms with Crippen LogP contribution in [0, 0.1) is 18.3 Å². The van der Waals surface area contributed by atoms with Crippen LogP contribution in [0.2, 0.25) is 0 Å². The topological polar surface area (TPSA) is 96.8 Å². The van der Waals surface area contributed by atoms with E-state index in [4.69, 9.17) is 5.26 Å². The molecule has 2 aromatic heterocycles. The maximum atomic E-state index is 12.7. The monoisotopic (exact) mass is 420 g/mol. The first kappa shape index (κ1) is 20.1. The third-order valence-electron chi connectivity index (χ3n) is 5.38. The van der Waals surface area contributed by atoms with Crippen molar-refractivity contribution in [2.45, 2.75) is 25.8 Å². The highest BCUT2D eigenvalue weighted by Gasteiger charge is 2.17. The van der Waals surface area contributed by atoms with Crippen LogP contribution in [0.4, 0.5) is 11.5 Å². The number of nitriles is 1. The molecule has 0 radical (unpaired) electrons. The number of benzene rings is 1. The molecule has 3 N–H and O–H groups in total. The molecule has 1 saturated heterocycles. The minimum absolute atomic E-state index is 0.203. The Morgan fingerprint density at radius 1 is 1.30 bits per heavy atom. The Bertz CT molecular complexity index is 1090. The fourth-order valence-corrected chi connectivity index (χ4v) is 4.38. The Morgan fingerprint density at radius 3 is 2.80 bits per heavy atom. The van der Waals surface area contributed by atoms with Gasteiger partial charge in [-0.1, -0.05) is 0 Å². The van der Waals surface area contributed by atoms with Gasteiger partial charge < -0.3 is 15.5 Å².